The first-order valence-corrected chi connectivity index (χ1v) is 23.4. The number of alkyl halides is 3. The minimum Gasteiger partial charge on any atom is -0.506 e. The second-order valence-electron chi connectivity index (χ2n) is 13.6. The number of allylic oxidation sites excluding steroid dienone is 2. The van der Waals surface area contributed by atoms with Crippen molar-refractivity contribution in [2.24, 2.45) is 11.5 Å². The van der Waals surface area contributed by atoms with Gasteiger partial charge in [-0.1, -0.05) is 70.1 Å². The number of unbranched alkanes of at least 4 members (excludes halogenated alkanes) is 2. The molecule has 370 valence electrons. The van der Waals surface area contributed by atoms with Crippen molar-refractivity contribution in [1.29, 1.82) is 0 Å². The molecule has 0 radical (unpaired) electrons. The molecule has 69 heavy (non-hydrogen) atoms. The summed E-state index contributed by atoms with van der Waals surface area (Å²) in [6, 6.07) is 11.0. The van der Waals surface area contributed by atoms with E-state index in [4.69, 9.17) is 85.8 Å². The Hall–Kier alpha value is -5.46. The Morgan fingerprint density at radius 3 is 1.55 bits per heavy atom. The van der Waals surface area contributed by atoms with Gasteiger partial charge in [-0.05, 0) is 107 Å². The molecular formula is C41H34Cl6F2N4O14S2. The highest BCUT2D eigenvalue weighted by atomic mass is 35.6. The fourth-order valence-electron chi connectivity index (χ4n) is 6.26. The van der Waals surface area contributed by atoms with Gasteiger partial charge in [-0.3, -0.25) is 28.8 Å². The number of halogens is 8. The number of fused-ring (bicyclic) bond motifs is 2. The van der Waals surface area contributed by atoms with Crippen molar-refractivity contribution in [3.8, 4) is 0 Å². The van der Waals surface area contributed by atoms with Gasteiger partial charge >= 0.3 is 5.97 Å². The van der Waals surface area contributed by atoms with Crippen molar-refractivity contribution in [2.75, 3.05) is 13.2 Å². The van der Waals surface area contributed by atoms with Crippen LogP contribution in [0.1, 0.15) is 82.4 Å². The van der Waals surface area contributed by atoms with Crippen LogP contribution in [-0.2, 0) is 43.2 Å². The van der Waals surface area contributed by atoms with E-state index in [0.29, 0.717) is 22.6 Å². The molecule has 0 spiro atoms. The molecule has 18 nitrogen and oxygen atoms in total. The van der Waals surface area contributed by atoms with Crippen LogP contribution in [0.25, 0.3) is 22.7 Å². The summed E-state index contributed by atoms with van der Waals surface area (Å²) in [5.41, 5.74) is 11.0. The van der Waals surface area contributed by atoms with Gasteiger partial charge in [0.15, 0.2) is 21.6 Å². The zero-order valence-electron chi connectivity index (χ0n) is 34.8. The summed E-state index contributed by atoms with van der Waals surface area (Å²) in [7, 11) is 0. The first-order valence-electron chi connectivity index (χ1n) is 19.2. The lowest BCUT2D eigenvalue weighted by atomic mass is 10.00. The topological polar surface area (TPSA) is 289 Å². The largest absolute Gasteiger partial charge is 0.506 e. The molecule has 4 aromatic rings. The number of ether oxygens (including phenoxy) is 1. The molecule has 0 aliphatic heterocycles. The second-order valence-corrected chi connectivity index (χ2v) is 18.7. The van der Waals surface area contributed by atoms with Gasteiger partial charge in [0.1, 0.15) is 29.2 Å². The number of primary amides is 2. The molecule has 2 aliphatic rings. The Morgan fingerprint density at radius 1 is 0.725 bits per heavy atom. The predicted octanol–water partition coefficient (Wildman–Crippen LogP) is 9.72. The number of esters is 1. The molecule has 0 bridgehead atoms. The molecule has 2 heterocycles. The number of ketones is 2. The van der Waals surface area contributed by atoms with Crippen LogP contribution in [0.4, 0.5) is 8.78 Å². The van der Waals surface area contributed by atoms with E-state index in [1.165, 1.54) is 28.7 Å². The number of nitrogens with zero attached hydrogens (tertiary/aromatic N) is 2. The summed E-state index contributed by atoms with van der Waals surface area (Å²) >= 11 is 33.4. The molecule has 0 saturated heterocycles. The fraction of sp³-hybridized carbons (Fsp3) is 0.268. The number of amides is 2. The minimum absolute atomic E-state index is 0.0250. The summed E-state index contributed by atoms with van der Waals surface area (Å²) in [5.74, 6) is -8.57. The van der Waals surface area contributed by atoms with Gasteiger partial charge in [-0.15, -0.1) is 42.9 Å². The summed E-state index contributed by atoms with van der Waals surface area (Å²) in [5, 5.41) is 30.8. The molecule has 0 saturated carbocycles. The lowest BCUT2D eigenvalue weighted by Crippen LogP contribution is -2.25. The molecule has 28 heteroatoms. The summed E-state index contributed by atoms with van der Waals surface area (Å²) in [4.78, 5) is 100. The monoisotopic (exact) mass is 1120 g/mol. The van der Waals surface area contributed by atoms with Gasteiger partial charge in [-0.25, -0.2) is 8.78 Å². The lowest BCUT2D eigenvalue weighted by molar-refractivity contribution is -0.757. The maximum absolute atomic E-state index is 14.2. The lowest BCUT2D eigenvalue weighted by Gasteiger charge is -2.11. The highest BCUT2D eigenvalue weighted by Crippen LogP contribution is 2.46. The van der Waals surface area contributed by atoms with Crippen molar-refractivity contribution in [3.63, 3.8) is 0 Å². The third kappa shape index (κ3) is 16.9. The third-order valence-electron chi connectivity index (χ3n) is 9.05. The Bertz CT molecular complexity index is 2620. The van der Waals surface area contributed by atoms with E-state index >= 15 is 0 Å². The molecule has 2 amide bonds. The number of nitrogens with two attached hydrogens (primary N) is 2. The number of aliphatic hydroxyl groups excluding tert-OH is 1. The van der Waals surface area contributed by atoms with Crippen LogP contribution < -0.4 is 11.5 Å². The maximum Gasteiger partial charge on any atom is 0.311 e. The van der Waals surface area contributed by atoms with E-state index in [-0.39, 0.29) is 93.9 Å². The molecule has 2 aromatic heterocycles. The van der Waals surface area contributed by atoms with E-state index in [1.54, 1.807) is 35.0 Å². The Morgan fingerprint density at radius 2 is 1.14 bits per heavy atom. The Balaban J connectivity index is 0.000000293. The van der Waals surface area contributed by atoms with E-state index in [2.05, 4.69) is 9.68 Å². The summed E-state index contributed by atoms with van der Waals surface area (Å²) < 4.78 is 32.7. The van der Waals surface area contributed by atoms with E-state index in [1.807, 2.05) is 0 Å². The van der Waals surface area contributed by atoms with Crippen LogP contribution in [0.5, 0.6) is 0 Å². The number of rotatable bonds is 17. The quantitative estimate of drug-likeness (QED) is 0.0102. The number of thiophene rings is 2. The van der Waals surface area contributed by atoms with Crippen LogP contribution in [0.2, 0.25) is 10.0 Å². The van der Waals surface area contributed by atoms with Crippen LogP contribution in [0.15, 0.2) is 59.3 Å². The van der Waals surface area contributed by atoms with Gasteiger partial charge in [0.2, 0.25) is 17.1 Å². The molecule has 2 aromatic carbocycles. The second kappa shape index (κ2) is 27.7. The van der Waals surface area contributed by atoms with Crippen molar-refractivity contribution < 1.29 is 67.2 Å². The number of carbonyl (C=O) groups excluding carboxylic acids is 6. The average Bonchev–Trinajstić information content (AvgIpc) is 4.07. The Kier molecular flexibility index (Phi) is 23.2. The smallest absolute Gasteiger partial charge is 0.311 e. The third-order valence-corrected chi connectivity index (χ3v) is 11.6. The van der Waals surface area contributed by atoms with Gasteiger partial charge in [0.05, 0.1) is 44.2 Å². The van der Waals surface area contributed by atoms with Crippen molar-refractivity contribution in [3.05, 3.63) is 133 Å². The number of hydrogen-bond acceptors (Lipinski definition) is 16. The van der Waals surface area contributed by atoms with E-state index in [0.717, 1.165) is 18.2 Å². The minimum atomic E-state index is -1.40. The maximum atomic E-state index is 14.2. The van der Waals surface area contributed by atoms with Crippen molar-refractivity contribution in [1.82, 2.24) is 0 Å². The molecule has 2 unspecified atom stereocenters. The Labute approximate surface area is 426 Å². The van der Waals surface area contributed by atoms with E-state index < -0.39 is 72.5 Å². The molecule has 0 fully saturated rings. The van der Waals surface area contributed by atoms with Gasteiger partial charge < -0.3 is 31.0 Å². The number of hydrogen-bond donors (Lipinski definition) is 3. The van der Waals surface area contributed by atoms with Crippen LogP contribution >= 0.6 is 92.3 Å². The highest BCUT2D eigenvalue weighted by molar-refractivity contribution is 7.11. The molecule has 2 aliphatic carbocycles. The van der Waals surface area contributed by atoms with Crippen LogP contribution in [-0.4, -0.2) is 67.4 Å². The van der Waals surface area contributed by atoms with Crippen molar-refractivity contribution >= 4 is 150 Å². The van der Waals surface area contributed by atoms with Crippen molar-refractivity contribution in [2.45, 2.75) is 54.7 Å². The molecule has 6 rings (SSSR count). The van der Waals surface area contributed by atoms with Gasteiger partial charge in [0, 0.05) is 12.8 Å². The summed E-state index contributed by atoms with van der Waals surface area (Å²) in [6.45, 7) is -0.150. The first kappa shape index (κ1) is 57.9. The zero-order valence-corrected chi connectivity index (χ0v) is 41.0. The molecule has 5 N–H and O–H groups in total. The summed E-state index contributed by atoms with van der Waals surface area (Å²) in [6.07, 6.45) is 1.59. The molecular weight excluding hydrogens is 1090 g/mol. The molecule has 2 atom stereocenters. The van der Waals surface area contributed by atoms with Crippen LogP contribution in [0.3, 0.4) is 0 Å². The highest BCUT2D eigenvalue weighted by Gasteiger charge is 2.43. The standard InChI is InChI=1S/C20H16ClFN2O7S.C15H9ClFNO3S.C5H8ClNO4.CHCl3/c21-12-8-10-11(9-13(12)22)16(18(26)17(10)20(23)27)19(14-4-3-7-32-14)31-15(25)5-1-2-6-30-24(28)29;16-8-4-6-7(5-9(8)17)11(14(20)12(6)15(18)21)13(19)10-2-1-3-22-10;6-5(8)3-1-2-4-11-7(9)10;2-1(3)4/h3-4,7-9,17H,1-2,5-6H2,(H2,23,27);1-5,12,19H,(H2,18,21);1-4H2;1H/b;13-11-;;. The number of Topliss-reactive ketones (excluding diaryl/α,β-unsaturated/α-hetero) is 2. The van der Waals surface area contributed by atoms with Gasteiger partial charge in [0.25, 0.3) is 10.2 Å². The zero-order chi connectivity index (χ0) is 51.7. The van der Waals surface area contributed by atoms with Gasteiger partial charge in [-0.2, -0.15) is 0 Å². The number of aliphatic hydroxyl groups is 1. The van der Waals surface area contributed by atoms with E-state index in [9.17, 15) is 62.9 Å². The fourth-order valence-corrected chi connectivity index (χ4v) is 8.13. The number of carbonyl (C=O) groups is 6. The first-order chi connectivity index (χ1) is 32.5. The van der Waals surface area contributed by atoms with Crippen LogP contribution in [0, 0.1) is 31.9 Å². The average molecular weight is 1120 g/mol. The predicted molar refractivity (Wildman–Crippen MR) is 253 cm³/mol. The normalized spacial score (nSPS) is 15.7. The number of benzene rings is 2. The SMILES string of the molecule is ClC(Cl)Cl.NC(=O)C1C(=O)/C(=C(\O)c2cccs2)c2cc(F)c(Cl)cc21.NC(=O)C1C(=O)C(=C(OC(=O)CCCCO[N+](=O)[O-])c2cccs2)c2cc(F)c(Cl)cc21.O=C(Cl)CCCCO[N+](=O)[O-].